The molecule has 0 atom stereocenters. The minimum absolute atomic E-state index is 0.171. The average molecular weight is 317 g/mol. The zero-order valence-corrected chi connectivity index (χ0v) is 12.5. The lowest BCUT2D eigenvalue weighted by Crippen LogP contribution is -2.11. The third-order valence-corrected chi connectivity index (χ3v) is 3.17. The molecule has 0 amide bonds. The van der Waals surface area contributed by atoms with Gasteiger partial charge in [0, 0.05) is 11.8 Å². The van der Waals surface area contributed by atoms with Gasteiger partial charge in [0.1, 0.15) is 0 Å². The summed E-state index contributed by atoms with van der Waals surface area (Å²) in [7, 11) is 2.99. The summed E-state index contributed by atoms with van der Waals surface area (Å²) in [6.45, 7) is 0. The summed E-state index contributed by atoms with van der Waals surface area (Å²) in [5.41, 5.74) is 0.107. The van der Waals surface area contributed by atoms with Gasteiger partial charge < -0.3 is 25.0 Å². The van der Waals surface area contributed by atoms with E-state index in [1.54, 1.807) is 18.2 Å². The maximum Gasteiger partial charge on any atom is 0.338 e. The minimum Gasteiger partial charge on any atom is -0.493 e. The van der Waals surface area contributed by atoms with Crippen LogP contribution in [0.5, 0.6) is 11.5 Å². The van der Waals surface area contributed by atoms with Gasteiger partial charge in [-0.25, -0.2) is 9.59 Å². The van der Waals surface area contributed by atoms with Crippen LogP contribution in [0.2, 0.25) is 0 Å². The van der Waals surface area contributed by atoms with Crippen LogP contribution >= 0.6 is 0 Å². The number of methoxy groups -OCH3 is 2. The standard InChI is InChI=1S/C16H15NO6/c1-22-12-7-6-9(8-13(12)23-2)17-11-5-3-4-10(15(18)19)14(11)16(20)21/h3-8,17H,1-2H3,(H,18,19)(H,20,21). The second-order valence-corrected chi connectivity index (χ2v) is 4.53. The number of ether oxygens (including phenoxy) is 2. The molecule has 0 aliphatic heterocycles. The van der Waals surface area contributed by atoms with Crippen molar-refractivity contribution in [2.75, 3.05) is 19.5 Å². The Labute approximate surface area is 132 Å². The van der Waals surface area contributed by atoms with Crippen molar-refractivity contribution in [3.63, 3.8) is 0 Å². The van der Waals surface area contributed by atoms with Gasteiger partial charge in [-0.1, -0.05) is 6.07 Å². The quantitative estimate of drug-likeness (QED) is 0.752. The molecule has 0 radical (unpaired) electrons. The van der Waals surface area contributed by atoms with Crippen molar-refractivity contribution >= 4 is 23.3 Å². The van der Waals surface area contributed by atoms with Crippen molar-refractivity contribution in [2.45, 2.75) is 0 Å². The molecule has 0 saturated carbocycles. The second kappa shape index (κ2) is 6.69. The zero-order chi connectivity index (χ0) is 17.0. The Hall–Kier alpha value is -3.22. The monoisotopic (exact) mass is 317 g/mol. The van der Waals surface area contributed by atoms with Crippen LogP contribution in [-0.2, 0) is 0 Å². The number of rotatable bonds is 6. The molecular formula is C16H15NO6. The number of aromatic carboxylic acids is 2. The molecule has 2 aromatic carbocycles. The second-order valence-electron chi connectivity index (χ2n) is 4.53. The summed E-state index contributed by atoms with van der Waals surface area (Å²) in [5, 5.41) is 21.3. The molecule has 0 heterocycles. The normalized spacial score (nSPS) is 10.0. The van der Waals surface area contributed by atoms with Gasteiger partial charge in [-0.05, 0) is 24.3 Å². The number of nitrogens with one attached hydrogen (secondary N) is 1. The summed E-state index contributed by atoms with van der Waals surface area (Å²) in [4.78, 5) is 22.6. The highest BCUT2D eigenvalue weighted by molar-refractivity contribution is 6.06. The molecule has 120 valence electrons. The molecule has 0 bridgehead atoms. The van der Waals surface area contributed by atoms with Gasteiger partial charge in [-0.3, -0.25) is 0 Å². The Morgan fingerprint density at radius 3 is 2.22 bits per heavy atom. The molecular weight excluding hydrogens is 302 g/mol. The molecule has 7 nitrogen and oxygen atoms in total. The number of carboxylic acids is 2. The fraction of sp³-hybridized carbons (Fsp3) is 0.125. The first-order chi connectivity index (χ1) is 11.0. The smallest absolute Gasteiger partial charge is 0.338 e. The highest BCUT2D eigenvalue weighted by Crippen LogP contribution is 2.32. The summed E-state index contributed by atoms with van der Waals surface area (Å²) >= 11 is 0. The van der Waals surface area contributed by atoms with Gasteiger partial charge in [0.2, 0.25) is 0 Å². The van der Waals surface area contributed by atoms with E-state index in [1.807, 2.05) is 0 Å². The predicted molar refractivity (Wildman–Crippen MR) is 83.2 cm³/mol. The van der Waals surface area contributed by atoms with E-state index in [9.17, 15) is 14.7 Å². The number of carbonyl (C=O) groups is 2. The van der Waals surface area contributed by atoms with Gasteiger partial charge in [0.25, 0.3) is 0 Å². The third kappa shape index (κ3) is 3.34. The molecule has 2 aromatic rings. The fourth-order valence-electron chi connectivity index (χ4n) is 2.13. The molecule has 0 aliphatic carbocycles. The lowest BCUT2D eigenvalue weighted by Gasteiger charge is -2.14. The topological polar surface area (TPSA) is 105 Å². The maximum atomic E-state index is 11.4. The first-order valence-electron chi connectivity index (χ1n) is 6.56. The van der Waals surface area contributed by atoms with E-state index in [1.165, 1.54) is 32.4 Å². The van der Waals surface area contributed by atoms with Crippen LogP contribution in [0.15, 0.2) is 36.4 Å². The molecule has 23 heavy (non-hydrogen) atoms. The minimum atomic E-state index is -1.33. The Morgan fingerprint density at radius 2 is 1.65 bits per heavy atom. The van der Waals surface area contributed by atoms with E-state index in [2.05, 4.69) is 5.32 Å². The Kier molecular flexibility index (Phi) is 4.70. The molecule has 0 fully saturated rings. The van der Waals surface area contributed by atoms with Crippen molar-refractivity contribution in [1.29, 1.82) is 0 Å². The van der Waals surface area contributed by atoms with E-state index >= 15 is 0 Å². The summed E-state index contributed by atoms with van der Waals surface area (Å²) in [5.74, 6) is -1.65. The summed E-state index contributed by atoms with van der Waals surface area (Å²) in [6.07, 6.45) is 0. The SMILES string of the molecule is COc1ccc(Nc2cccc(C(=O)O)c2C(=O)O)cc1OC. The zero-order valence-electron chi connectivity index (χ0n) is 12.5. The molecule has 7 heteroatoms. The van der Waals surface area contributed by atoms with Crippen LogP contribution in [0.3, 0.4) is 0 Å². The molecule has 0 saturated heterocycles. The lowest BCUT2D eigenvalue weighted by atomic mass is 10.0. The predicted octanol–water partition coefficient (Wildman–Crippen LogP) is 2.84. The van der Waals surface area contributed by atoms with Crippen molar-refractivity contribution in [1.82, 2.24) is 0 Å². The molecule has 0 aliphatic rings. The number of hydrogen-bond donors (Lipinski definition) is 3. The van der Waals surface area contributed by atoms with Gasteiger partial charge in [-0.2, -0.15) is 0 Å². The van der Waals surface area contributed by atoms with E-state index < -0.39 is 11.9 Å². The van der Waals surface area contributed by atoms with Crippen LogP contribution in [0.25, 0.3) is 0 Å². The number of anilines is 2. The van der Waals surface area contributed by atoms with E-state index in [0.29, 0.717) is 17.2 Å². The van der Waals surface area contributed by atoms with Crippen LogP contribution in [-0.4, -0.2) is 36.4 Å². The van der Waals surface area contributed by atoms with E-state index in [0.717, 1.165) is 0 Å². The molecule has 0 aromatic heterocycles. The van der Waals surface area contributed by atoms with Crippen molar-refractivity contribution < 1.29 is 29.3 Å². The lowest BCUT2D eigenvalue weighted by molar-refractivity contribution is 0.0652. The Balaban J connectivity index is 2.46. The number of carboxylic acid groups (broad SMARTS) is 2. The van der Waals surface area contributed by atoms with Gasteiger partial charge >= 0.3 is 11.9 Å². The van der Waals surface area contributed by atoms with Crippen molar-refractivity contribution in [3.05, 3.63) is 47.5 Å². The maximum absolute atomic E-state index is 11.4. The van der Waals surface area contributed by atoms with Crippen LogP contribution in [0.4, 0.5) is 11.4 Å². The van der Waals surface area contributed by atoms with Crippen molar-refractivity contribution in [2.24, 2.45) is 0 Å². The first kappa shape index (κ1) is 16.2. The number of benzene rings is 2. The fourth-order valence-corrected chi connectivity index (χ4v) is 2.13. The Morgan fingerprint density at radius 1 is 0.957 bits per heavy atom. The highest BCUT2D eigenvalue weighted by atomic mass is 16.5. The van der Waals surface area contributed by atoms with Gasteiger partial charge in [0.05, 0.1) is 31.0 Å². The molecule has 2 rings (SSSR count). The largest absolute Gasteiger partial charge is 0.493 e. The van der Waals surface area contributed by atoms with E-state index in [-0.39, 0.29) is 16.8 Å². The van der Waals surface area contributed by atoms with Crippen molar-refractivity contribution in [3.8, 4) is 11.5 Å². The van der Waals surface area contributed by atoms with Gasteiger partial charge in [0.15, 0.2) is 11.5 Å². The number of hydrogen-bond acceptors (Lipinski definition) is 5. The Bertz CT molecular complexity index is 756. The average Bonchev–Trinajstić information content (AvgIpc) is 2.54. The summed E-state index contributed by atoms with van der Waals surface area (Å²) in [6, 6.07) is 9.15. The first-order valence-corrected chi connectivity index (χ1v) is 6.56. The summed E-state index contributed by atoms with van der Waals surface area (Å²) < 4.78 is 10.3. The van der Waals surface area contributed by atoms with Crippen LogP contribution in [0, 0.1) is 0 Å². The van der Waals surface area contributed by atoms with Gasteiger partial charge in [-0.15, -0.1) is 0 Å². The highest BCUT2D eigenvalue weighted by Gasteiger charge is 2.20. The molecule has 0 unspecified atom stereocenters. The molecule has 3 N–H and O–H groups in total. The third-order valence-electron chi connectivity index (χ3n) is 3.17. The van der Waals surface area contributed by atoms with Crippen LogP contribution in [0.1, 0.15) is 20.7 Å². The van der Waals surface area contributed by atoms with Crippen LogP contribution < -0.4 is 14.8 Å². The molecule has 0 spiro atoms. The van der Waals surface area contributed by atoms with E-state index in [4.69, 9.17) is 14.6 Å².